The summed E-state index contributed by atoms with van der Waals surface area (Å²) in [6.07, 6.45) is 1.66. The van der Waals surface area contributed by atoms with Crippen LogP contribution in [0, 0.1) is 0 Å². The fraction of sp³-hybridized carbons (Fsp3) is 0.545. The average Bonchev–Trinajstić information content (AvgIpc) is 2.29. The van der Waals surface area contributed by atoms with Gasteiger partial charge in [-0.1, -0.05) is 0 Å². The van der Waals surface area contributed by atoms with Gasteiger partial charge in [0, 0.05) is 28.8 Å². The molecule has 1 saturated heterocycles. The highest BCUT2D eigenvalue weighted by atomic mass is 79.9. The van der Waals surface area contributed by atoms with E-state index in [-0.39, 0.29) is 24.2 Å². The Kier molecular flexibility index (Phi) is 3.93. The number of hydrogen-bond acceptors (Lipinski definition) is 5. The van der Waals surface area contributed by atoms with Crippen LogP contribution >= 0.6 is 15.9 Å². The van der Waals surface area contributed by atoms with Crippen molar-refractivity contribution in [1.29, 1.82) is 0 Å². The molecule has 0 radical (unpaired) electrons. The lowest BCUT2D eigenvalue weighted by atomic mass is 10.2. The van der Waals surface area contributed by atoms with Gasteiger partial charge >= 0.3 is 0 Å². The standard InChI is InChI=1S/C11H15BrN2O3S/c1-8-7-18(16,17)3-2-14(8)11-9(6-15)4-10(12)5-13-11/h4-5,8,15H,2-3,6-7H2,1H3. The Bertz CT molecular complexity index is 547. The summed E-state index contributed by atoms with van der Waals surface area (Å²) in [5, 5.41) is 9.36. The highest BCUT2D eigenvalue weighted by Crippen LogP contribution is 2.25. The molecule has 0 bridgehead atoms. The van der Waals surface area contributed by atoms with Gasteiger partial charge in [-0.2, -0.15) is 0 Å². The Morgan fingerprint density at radius 3 is 2.94 bits per heavy atom. The van der Waals surface area contributed by atoms with Crippen molar-refractivity contribution >= 4 is 31.6 Å². The van der Waals surface area contributed by atoms with Crippen LogP contribution in [-0.4, -0.2) is 42.6 Å². The van der Waals surface area contributed by atoms with Gasteiger partial charge in [-0.25, -0.2) is 13.4 Å². The summed E-state index contributed by atoms with van der Waals surface area (Å²) < 4.78 is 23.9. The van der Waals surface area contributed by atoms with Crippen molar-refractivity contribution in [3.05, 3.63) is 22.3 Å². The summed E-state index contributed by atoms with van der Waals surface area (Å²) in [4.78, 5) is 6.24. The molecule has 7 heteroatoms. The lowest BCUT2D eigenvalue weighted by molar-refractivity contribution is 0.281. The zero-order valence-corrected chi connectivity index (χ0v) is 12.4. The second kappa shape index (κ2) is 5.14. The van der Waals surface area contributed by atoms with E-state index >= 15 is 0 Å². The van der Waals surface area contributed by atoms with Gasteiger partial charge in [0.2, 0.25) is 0 Å². The van der Waals surface area contributed by atoms with Crippen molar-refractivity contribution in [2.24, 2.45) is 0 Å². The highest BCUT2D eigenvalue weighted by Gasteiger charge is 2.29. The maximum atomic E-state index is 11.5. The molecule has 0 spiro atoms. The second-order valence-electron chi connectivity index (χ2n) is 4.45. The molecule has 1 aliphatic rings. The van der Waals surface area contributed by atoms with Crippen LogP contribution < -0.4 is 4.90 Å². The number of sulfone groups is 1. The molecule has 1 N–H and O–H groups in total. The minimum Gasteiger partial charge on any atom is -0.392 e. The largest absolute Gasteiger partial charge is 0.392 e. The van der Waals surface area contributed by atoms with E-state index in [2.05, 4.69) is 20.9 Å². The van der Waals surface area contributed by atoms with Crippen molar-refractivity contribution in [2.45, 2.75) is 19.6 Å². The quantitative estimate of drug-likeness (QED) is 0.872. The summed E-state index contributed by atoms with van der Waals surface area (Å²) >= 11 is 3.31. The van der Waals surface area contributed by atoms with Gasteiger partial charge in [0.25, 0.3) is 0 Å². The van der Waals surface area contributed by atoms with Gasteiger partial charge in [0.15, 0.2) is 9.84 Å². The first-order valence-electron chi connectivity index (χ1n) is 5.65. The molecule has 1 atom stereocenters. The number of aliphatic hydroxyl groups is 1. The normalized spacial score (nSPS) is 23.1. The Morgan fingerprint density at radius 1 is 1.61 bits per heavy atom. The minimum absolute atomic E-state index is 0.113. The molecule has 100 valence electrons. The van der Waals surface area contributed by atoms with Crippen LogP contribution in [0.25, 0.3) is 0 Å². The summed E-state index contributed by atoms with van der Waals surface area (Å²) in [6, 6.07) is 1.68. The molecular formula is C11H15BrN2O3S. The fourth-order valence-corrected chi connectivity index (χ4v) is 4.10. The summed E-state index contributed by atoms with van der Waals surface area (Å²) in [6.45, 7) is 2.17. The molecule has 0 aromatic carbocycles. The van der Waals surface area contributed by atoms with Crippen LogP contribution in [0.2, 0.25) is 0 Å². The molecular weight excluding hydrogens is 320 g/mol. The molecule has 2 rings (SSSR count). The number of aromatic nitrogens is 1. The first kappa shape index (κ1) is 13.8. The van der Waals surface area contributed by atoms with E-state index in [9.17, 15) is 13.5 Å². The van der Waals surface area contributed by atoms with Crippen molar-refractivity contribution in [1.82, 2.24) is 4.98 Å². The van der Waals surface area contributed by atoms with E-state index in [0.717, 1.165) is 4.47 Å². The van der Waals surface area contributed by atoms with E-state index in [1.54, 1.807) is 12.3 Å². The van der Waals surface area contributed by atoms with Crippen LogP contribution in [0.15, 0.2) is 16.7 Å². The molecule has 0 amide bonds. The van der Waals surface area contributed by atoms with Crippen LogP contribution in [0.3, 0.4) is 0 Å². The topological polar surface area (TPSA) is 70.5 Å². The van der Waals surface area contributed by atoms with Crippen LogP contribution in [0.1, 0.15) is 12.5 Å². The first-order valence-corrected chi connectivity index (χ1v) is 8.27. The summed E-state index contributed by atoms with van der Waals surface area (Å²) in [7, 11) is -2.94. The van der Waals surface area contributed by atoms with Crippen LogP contribution in [0.5, 0.6) is 0 Å². The number of hydrogen-bond donors (Lipinski definition) is 1. The molecule has 2 heterocycles. The predicted octanol–water partition coefficient (Wildman–Crippen LogP) is 0.960. The fourth-order valence-electron chi connectivity index (χ4n) is 2.16. The molecule has 1 aromatic rings. The van der Waals surface area contributed by atoms with Crippen molar-refractivity contribution < 1.29 is 13.5 Å². The van der Waals surface area contributed by atoms with E-state index in [1.165, 1.54) is 0 Å². The third-order valence-electron chi connectivity index (χ3n) is 3.02. The number of pyridine rings is 1. The Labute approximate surface area is 115 Å². The third kappa shape index (κ3) is 2.84. The zero-order chi connectivity index (χ0) is 13.3. The number of halogens is 1. The minimum atomic E-state index is -2.94. The lowest BCUT2D eigenvalue weighted by Gasteiger charge is -2.35. The van der Waals surface area contributed by atoms with E-state index in [0.29, 0.717) is 17.9 Å². The van der Waals surface area contributed by atoms with E-state index in [4.69, 9.17) is 0 Å². The molecule has 18 heavy (non-hydrogen) atoms. The monoisotopic (exact) mass is 334 g/mol. The van der Waals surface area contributed by atoms with Gasteiger partial charge in [0.1, 0.15) is 5.82 Å². The molecule has 1 aliphatic heterocycles. The average molecular weight is 335 g/mol. The van der Waals surface area contributed by atoms with E-state index < -0.39 is 9.84 Å². The van der Waals surface area contributed by atoms with Gasteiger partial charge in [-0.05, 0) is 28.9 Å². The Balaban J connectivity index is 2.32. The molecule has 1 aromatic heterocycles. The first-order chi connectivity index (χ1) is 8.43. The zero-order valence-electron chi connectivity index (χ0n) is 10.0. The van der Waals surface area contributed by atoms with Crippen molar-refractivity contribution in [3.8, 4) is 0 Å². The van der Waals surface area contributed by atoms with Gasteiger partial charge < -0.3 is 10.0 Å². The lowest BCUT2D eigenvalue weighted by Crippen LogP contribution is -2.47. The maximum Gasteiger partial charge on any atom is 0.154 e. The summed E-state index contributed by atoms with van der Waals surface area (Å²) in [5.74, 6) is 0.943. The van der Waals surface area contributed by atoms with Gasteiger partial charge in [-0.15, -0.1) is 0 Å². The molecule has 1 fully saturated rings. The third-order valence-corrected chi connectivity index (χ3v) is 5.25. The number of aliphatic hydroxyl groups excluding tert-OH is 1. The molecule has 0 saturated carbocycles. The highest BCUT2D eigenvalue weighted by molar-refractivity contribution is 9.10. The van der Waals surface area contributed by atoms with Crippen molar-refractivity contribution in [3.63, 3.8) is 0 Å². The van der Waals surface area contributed by atoms with Crippen LogP contribution in [-0.2, 0) is 16.4 Å². The van der Waals surface area contributed by atoms with E-state index in [1.807, 2.05) is 11.8 Å². The maximum absolute atomic E-state index is 11.5. The molecule has 5 nitrogen and oxygen atoms in total. The molecule has 0 aliphatic carbocycles. The van der Waals surface area contributed by atoms with Crippen LogP contribution in [0.4, 0.5) is 5.82 Å². The van der Waals surface area contributed by atoms with Gasteiger partial charge in [0.05, 0.1) is 18.1 Å². The van der Waals surface area contributed by atoms with Gasteiger partial charge in [-0.3, -0.25) is 0 Å². The van der Waals surface area contributed by atoms with Crippen molar-refractivity contribution in [2.75, 3.05) is 23.0 Å². The number of nitrogens with zero attached hydrogens (tertiary/aromatic N) is 2. The Morgan fingerprint density at radius 2 is 2.33 bits per heavy atom. The Hall–Kier alpha value is -0.660. The smallest absolute Gasteiger partial charge is 0.154 e. The number of anilines is 1. The number of rotatable bonds is 2. The molecule has 1 unspecified atom stereocenters. The predicted molar refractivity (Wildman–Crippen MR) is 73.3 cm³/mol. The second-order valence-corrected chi connectivity index (χ2v) is 7.60. The SMILES string of the molecule is CC1CS(=O)(=O)CCN1c1ncc(Br)cc1CO. The summed E-state index contributed by atoms with van der Waals surface area (Å²) in [5.41, 5.74) is 0.704.